The number of aromatic nitrogens is 3. The maximum Gasteiger partial charge on any atom is 0.252 e. The van der Waals surface area contributed by atoms with Crippen molar-refractivity contribution in [2.24, 2.45) is 0 Å². The number of rotatable bonds is 7. The van der Waals surface area contributed by atoms with Gasteiger partial charge < -0.3 is 23.5 Å². The minimum atomic E-state index is -0.819. The van der Waals surface area contributed by atoms with Crippen LogP contribution in [0.5, 0.6) is 0 Å². The van der Waals surface area contributed by atoms with Crippen molar-refractivity contribution in [3.8, 4) is 45.4 Å². The largest absolute Gasteiger partial charge is 0.310 e. The summed E-state index contributed by atoms with van der Waals surface area (Å²) in [4.78, 5) is 4.43. The normalized spacial score (nSPS) is 15.4. The van der Waals surface area contributed by atoms with Gasteiger partial charge in [0.15, 0.2) is 0 Å². The van der Waals surface area contributed by atoms with E-state index in [2.05, 4.69) is 182 Å². The predicted octanol–water partition coefficient (Wildman–Crippen LogP) is 23.5. The molecule has 0 spiro atoms. The molecule has 0 unspecified atom stereocenters. The number of nitriles is 1. The second kappa shape index (κ2) is 22.7. The highest BCUT2D eigenvalue weighted by Gasteiger charge is 2.46. The van der Waals surface area contributed by atoms with Crippen LogP contribution in [0.3, 0.4) is 0 Å². The number of anilines is 6. The molecule has 13 aromatic carbocycles. The number of fused-ring (bicyclic) bond motifs is 13. The molecule has 2 aliphatic rings. The molecule has 0 amide bonds. The lowest BCUT2D eigenvalue weighted by molar-refractivity contribution is 0.569. The van der Waals surface area contributed by atoms with Crippen molar-refractivity contribution in [2.45, 2.75) is 105 Å². The highest BCUT2D eigenvalue weighted by molar-refractivity contribution is 7.00. The molecule has 0 radical (unpaired) electrons. The third-order valence-electron chi connectivity index (χ3n) is 20.9. The summed E-state index contributed by atoms with van der Waals surface area (Å²) >= 11 is 0. The highest BCUT2D eigenvalue weighted by atomic mass is 15.2. The second-order valence-electron chi connectivity index (χ2n) is 31.4. The van der Waals surface area contributed by atoms with E-state index in [1.54, 1.807) is 10.6 Å². The maximum absolute atomic E-state index is 12.1. The SMILES string of the molecule is [2H]c1c([2H])c([2H])c2c(c1[2H])c1c([2H])c([2H])c([2H])c([2H])c1n2-c1ccc2c(c1)N(c1cc(-n3c4ccccc4c4ccccc43)ccc1C#N)c1cc(C(C)(C)C)cc3c1B2c1ccc(-n2c4c([2H])c([2H])c([2H])c([2H])c4c4c([2H])c([2H])c([2H])c([2H])c42)cc1N3c1c(-c2ccccc2)cc(C(C)(C)C)cc1-c1cc(C(C)(C)C)cc(C(C)(C)C)c1. The number of hydrogen-bond acceptors (Lipinski definition) is 3. The summed E-state index contributed by atoms with van der Waals surface area (Å²) < 4.78 is 156. The van der Waals surface area contributed by atoms with Crippen molar-refractivity contribution in [2.75, 3.05) is 9.80 Å². The average molecular weight is 1330 g/mol. The third kappa shape index (κ3) is 9.74. The van der Waals surface area contributed by atoms with Crippen molar-refractivity contribution in [1.29, 1.82) is 5.26 Å². The zero-order valence-corrected chi connectivity index (χ0v) is 59.0. The minimum absolute atomic E-state index is 0.0655. The summed E-state index contributed by atoms with van der Waals surface area (Å²) in [5.74, 6) is 0. The van der Waals surface area contributed by atoms with Gasteiger partial charge in [-0.3, -0.25) is 0 Å². The van der Waals surface area contributed by atoms with Crippen molar-refractivity contribution >= 4 is 123 Å². The van der Waals surface area contributed by atoms with Crippen LogP contribution in [0, 0.1) is 11.3 Å². The lowest BCUT2D eigenvalue weighted by atomic mass is 9.33. The van der Waals surface area contributed by atoms with Crippen LogP contribution in [-0.2, 0) is 21.7 Å². The van der Waals surface area contributed by atoms with Gasteiger partial charge in [0.25, 0.3) is 6.71 Å². The molecule has 0 fully saturated rings. The van der Waals surface area contributed by atoms with Gasteiger partial charge in [0, 0.05) is 83.3 Å². The smallest absolute Gasteiger partial charge is 0.252 e. The molecule has 5 heterocycles. The summed E-state index contributed by atoms with van der Waals surface area (Å²) in [6, 6.07) is 53.9. The summed E-state index contributed by atoms with van der Waals surface area (Å²) in [7, 11) is 0. The molecule has 18 rings (SSSR count). The Morgan fingerprint density at radius 1 is 0.324 bits per heavy atom. The van der Waals surface area contributed by atoms with E-state index in [-0.39, 0.29) is 65.7 Å². The Morgan fingerprint density at radius 3 is 1.16 bits per heavy atom. The molecule has 0 atom stereocenters. The molecule has 0 bridgehead atoms. The molecular weight excluding hydrogens is 1240 g/mol. The van der Waals surface area contributed by atoms with Gasteiger partial charge in [0.2, 0.25) is 0 Å². The van der Waals surface area contributed by atoms with Crippen LogP contribution in [0.4, 0.5) is 34.1 Å². The lowest BCUT2D eigenvalue weighted by Crippen LogP contribution is -2.61. The number of benzene rings is 13. The number of hydrogen-bond donors (Lipinski definition) is 0. The van der Waals surface area contributed by atoms with Crippen LogP contribution < -0.4 is 26.2 Å². The Hall–Kier alpha value is -11.6. The Labute approximate surface area is 621 Å². The van der Waals surface area contributed by atoms with E-state index in [4.69, 9.17) is 5.48 Å². The molecule has 0 aliphatic carbocycles. The molecule has 0 N–H and O–H groups in total. The van der Waals surface area contributed by atoms with Gasteiger partial charge in [0.1, 0.15) is 6.07 Å². The maximum atomic E-state index is 12.1. The monoisotopic (exact) mass is 1330 g/mol. The van der Waals surface area contributed by atoms with Crippen molar-refractivity contribution in [1.82, 2.24) is 13.7 Å². The standard InChI is InChI=1S/C95H81BN6/c1-92(2,3)62-48-61(49-63(50-62)93(4,5)6)76-52-64(94(7,8)9)51-75(59-28-14-13-15-29-59)91(76)102-87-57-68(100-83-40-26-20-34-73(83)74-35-21-27-41-84(74)100)45-47-78(87)96-77-46-44-67(99-81-38-24-18-32-71(81)72-33-19-25-39-82(72)99)56-86(77)101(88-53-65(95(10,11)12)54-89(102)90(88)96)85-55-66(43-42-60(85)58-97)98-79-36-22-16-30-69(79)70-31-17-23-37-80(70)98/h13-57H,1-12H3/i18D,19D,20D,21D,24D,25D,26D,27D,32D,33D,34D,35D,38D,39D,40D,41D. The Bertz CT molecular complexity index is 6990. The van der Waals surface area contributed by atoms with Gasteiger partial charge in [0.05, 0.1) is 72.0 Å². The first kappa shape index (κ1) is 47.5. The van der Waals surface area contributed by atoms with E-state index in [0.29, 0.717) is 50.7 Å². The highest BCUT2D eigenvalue weighted by Crippen LogP contribution is 2.54. The lowest BCUT2D eigenvalue weighted by Gasteiger charge is -2.46. The van der Waals surface area contributed by atoms with Crippen LogP contribution in [0.15, 0.2) is 273 Å². The first-order valence-electron chi connectivity index (χ1n) is 42.8. The molecule has 494 valence electrons. The molecule has 16 aromatic rings. The predicted molar refractivity (Wildman–Crippen MR) is 434 cm³/mol. The zero-order chi connectivity index (χ0) is 84.0. The van der Waals surface area contributed by atoms with Gasteiger partial charge in [-0.2, -0.15) is 5.26 Å². The van der Waals surface area contributed by atoms with E-state index < -0.39 is 114 Å². The van der Waals surface area contributed by atoms with E-state index in [0.717, 1.165) is 77.5 Å². The van der Waals surface area contributed by atoms with Gasteiger partial charge in [-0.05, 0) is 174 Å². The molecular formula is C95H81BN6. The van der Waals surface area contributed by atoms with E-state index in [9.17, 15) is 21.7 Å². The van der Waals surface area contributed by atoms with Crippen molar-refractivity contribution < 1.29 is 21.9 Å². The summed E-state index contributed by atoms with van der Waals surface area (Å²) in [6.07, 6.45) is 0. The Kier molecular flexibility index (Phi) is 10.6. The van der Waals surface area contributed by atoms with E-state index in [1.165, 1.54) is 4.57 Å². The molecule has 7 heteroatoms. The van der Waals surface area contributed by atoms with Gasteiger partial charge in [-0.1, -0.05) is 253 Å². The molecule has 102 heavy (non-hydrogen) atoms. The Morgan fingerprint density at radius 2 is 0.696 bits per heavy atom. The first-order chi connectivity index (χ1) is 55.7. The number of para-hydroxylation sites is 6. The molecule has 0 saturated carbocycles. The summed E-state index contributed by atoms with van der Waals surface area (Å²) in [5.41, 5.74) is 14.4. The van der Waals surface area contributed by atoms with Crippen LogP contribution in [0.1, 0.15) is 133 Å². The van der Waals surface area contributed by atoms with Crippen molar-refractivity contribution in [3.63, 3.8) is 0 Å². The first-order valence-corrected chi connectivity index (χ1v) is 34.8. The van der Waals surface area contributed by atoms with Crippen molar-refractivity contribution in [3.05, 3.63) is 300 Å². The van der Waals surface area contributed by atoms with Gasteiger partial charge in [-0.25, -0.2) is 0 Å². The van der Waals surface area contributed by atoms with Crippen LogP contribution in [-0.4, -0.2) is 20.4 Å². The van der Waals surface area contributed by atoms with Gasteiger partial charge in [-0.15, -0.1) is 0 Å². The van der Waals surface area contributed by atoms with Gasteiger partial charge >= 0.3 is 0 Å². The molecule has 2 aliphatic heterocycles. The van der Waals surface area contributed by atoms with Crippen LogP contribution in [0.25, 0.3) is 105 Å². The number of nitrogens with zero attached hydrogens (tertiary/aromatic N) is 6. The Balaban J connectivity index is 1.06. The molecule has 6 nitrogen and oxygen atoms in total. The fourth-order valence-corrected chi connectivity index (χ4v) is 15.7. The summed E-state index contributed by atoms with van der Waals surface area (Å²) in [6.45, 7) is 25.6. The van der Waals surface area contributed by atoms with E-state index in [1.807, 2.05) is 91.0 Å². The third-order valence-corrected chi connectivity index (χ3v) is 20.9. The van der Waals surface area contributed by atoms with Crippen LogP contribution in [0.2, 0.25) is 0 Å². The molecule has 0 saturated heterocycles. The van der Waals surface area contributed by atoms with Crippen LogP contribution >= 0.6 is 0 Å². The fourth-order valence-electron chi connectivity index (χ4n) is 15.7. The zero-order valence-electron chi connectivity index (χ0n) is 75.0. The average Bonchev–Trinajstić information content (AvgIpc) is 0.784. The quantitative estimate of drug-likeness (QED) is 0.149. The second-order valence-corrected chi connectivity index (χ2v) is 31.4. The van der Waals surface area contributed by atoms with E-state index >= 15 is 0 Å². The fraction of sp³-hybridized carbons (Fsp3) is 0.168. The summed E-state index contributed by atoms with van der Waals surface area (Å²) in [5, 5.41) is 13.7. The minimum Gasteiger partial charge on any atom is -0.310 e. The topological polar surface area (TPSA) is 45.1 Å². The molecule has 3 aromatic heterocycles.